The van der Waals surface area contributed by atoms with E-state index in [0.29, 0.717) is 12.1 Å². The van der Waals surface area contributed by atoms with Crippen molar-refractivity contribution in [3.05, 3.63) is 64.7 Å². The first-order chi connectivity index (χ1) is 10.9. The number of carbonyl (C=O) groups excluding carboxylic acids is 1. The fraction of sp³-hybridized carbons (Fsp3) is 0.316. The van der Waals surface area contributed by atoms with E-state index in [-0.39, 0.29) is 11.3 Å². The number of thioether (sulfide) groups is 1. The van der Waals surface area contributed by atoms with Gasteiger partial charge in [-0.3, -0.25) is 4.79 Å². The van der Waals surface area contributed by atoms with Crippen LogP contribution < -0.4 is 5.32 Å². The minimum Gasteiger partial charge on any atom is -0.351 e. The SMILES string of the molecule is CC(C)(C)c1ccc(C(=O)NCCSc2cccc(Cl)c2)cc1. The lowest BCUT2D eigenvalue weighted by atomic mass is 9.87. The average molecular weight is 348 g/mol. The van der Waals surface area contributed by atoms with Gasteiger partial charge in [0.25, 0.3) is 5.91 Å². The van der Waals surface area contributed by atoms with Gasteiger partial charge in [-0.05, 0) is 41.3 Å². The van der Waals surface area contributed by atoms with Crippen molar-refractivity contribution in [3.8, 4) is 0 Å². The largest absolute Gasteiger partial charge is 0.351 e. The molecule has 2 aromatic rings. The van der Waals surface area contributed by atoms with E-state index in [2.05, 4.69) is 26.1 Å². The summed E-state index contributed by atoms with van der Waals surface area (Å²) in [7, 11) is 0. The van der Waals surface area contributed by atoms with Crippen LogP contribution in [0.15, 0.2) is 53.4 Å². The summed E-state index contributed by atoms with van der Waals surface area (Å²) in [6.07, 6.45) is 0. The molecule has 0 fully saturated rings. The van der Waals surface area contributed by atoms with E-state index in [9.17, 15) is 4.79 Å². The van der Waals surface area contributed by atoms with Crippen LogP contribution in [-0.2, 0) is 5.41 Å². The quantitative estimate of drug-likeness (QED) is 0.598. The molecule has 0 aliphatic carbocycles. The monoisotopic (exact) mass is 347 g/mol. The van der Waals surface area contributed by atoms with Crippen molar-refractivity contribution in [2.24, 2.45) is 0 Å². The van der Waals surface area contributed by atoms with Crippen LogP contribution in [0.2, 0.25) is 5.02 Å². The third-order valence-electron chi connectivity index (χ3n) is 3.47. The fourth-order valence-corrected chi connectivity index (χ4v) is 3.19. The second kappa shape index (κ2) is 7.89. The van der Waals surface area contributed by atoms with Crippen LogP contribution in [0.4, 0.5) is 0 Å². The molecule has 0 saturated carbocycles. The zero-order valence-electron chi connectivity index (χ0n) is 13.7. The number of benzene rings is 2. The molecule has 2 nitrogen and oxygen atoms in total. The van der Waals surface area contributed by atoms with Gasteiger partial charge in [-0.2, -0.15) is 0 Å². The highest BCUT2D eigenvalue weighted by Gasteiger charge is 2.14. The van der Waals surface area contributed by atoms with Crippen molar-refractivity contribution in [2.45, 2.75) is 31.1 Å². The molecular formula is C19H22ClNOS. The summed E-state index contributed by atoms with van der Waals surface area (Å²) >= 11 is 7.63. The molecule has 2 aromatic carbocycles. The lowest BCUT2D eigenvalue weighted by Crippen LogP contribution is -2.25. The minimum absolute atomic E-state index is 0.0304. The van der Waals surface area contributed by atoms with Crippen LogP contribution in [0, 0.1) is 0 Å². The molecule has 0 spiro atoms. The Balaban J connectivity index is 1.81. The van der Waals surface area contributed by atoms with Gasteiger partial charge in [0.2, 0.25) is 0 Å². The summed E-state index contributed by atoms with van der Waals surface area (Å²) < 4.78 is 0. The van der Waals surface area contributed by atoms with Gasteiger partial charge in [0.05, 0.1) is 0 Å². The van der Waals surface area contributed by atoms with E-state index < -0.39 is 0 Å². The number of amides is 1. The highest BCUT2D eigenvalue weighted by atomic mass is 35.5. The summed E-state index contributed by atoms with van der Waals surface area (Å²) in [4.78, 5) is 13.2. The summed E-state index contributed by atoms with van der Waals surface area (Å²) in [6.45, 7) is 7.11. The number of rotatable bonds is 5. The number of hydrogen-bond acceptors (Lipinski definition) is 2. The van der Waals surface area contributed by atoms with Crippen molar-refractivity contribution < 1.29 is 4.79 Å². The van der Waals surface area contributed by atoms with Gasteiger partial charge in [-0.15, -0.1) is 11.8 Å². The molecule has 4 heteroatoms. The molecule has 0 unspecified atom stereocenters. The Morgan fingerprint density at radius 2 is 1.83 bits per heavy atom. The Bertz CT molecular complexity index is 662. The highest BCUT2D eigenvalue weighted by Crippen LogP contribution is 2.22. The molecule has 0 saturated heterocycles. The van der Waals surface area contributed by atoms with Gasteiger partial charge in [0.1, 0.15) is 0 Å². The van der Waals surface area contributed by atoms with Crippen molar-refractivity contribution in [1.82, 2.24) is 5.32 Å². The molecule has 0 heterocycles. The minimum atomic E-state index is -0.0304. The van der Waals surface area contributed by atoms with Gasteiger partial charge in [0.15, 0.2) is 0 Å². The van der Waals surface area contributed by atoms with Gasteiger partial charge >= 0.3 is 0 Å². The predicted molar refractivity (Wildman–Crippen MR) is 99.7 cm³/mol. The maximum atomic E-state index is 12.1. The number of carbonyl (C=O) groups is 1. The molecule has 2 rings (SSSR count). The standard InChI is InChI=1S/C19H22ClNOS/c1-19(2,3)15-9-7-14(8-10-15)18(22)21-11-12-23-17-6-4-5-16(20)13-17/h4-10,13H,11-12H2,1-3H3,(H,21,22). The number of halogens is 1. The molecule has 0 bridgehead atoms. The van der Waals surface area contributed by atoms with E-state index in [0.717, 1.165) is 15.7 Å². The molecular weight excluding hydrogens is 326 g/mol. The van der Waals surface area contributed by atoms with E-state index in [1.807, 2.05) is 48.5 Å². The van der Waals surface area contributed by atoms with Gasteiger partial charge in [-0.1, -0.05) is 50.6 Å². The molecule has 122 valence electrons. The van der Waals surface area contributed by atoms with Crippen LogP contribution in [-0.4, -0.2) is 18.2 Å². The van der Waals surface area contributed by atoms with Gasteiger partial charge in [-0.25, -0.2) is 0 Å². The first-order valence-corrected chi connectivity index (χ1v) is 9.00. The molecule has 1 amide bonds. The van der Waals surface area contributed by atoms with Crippen LogP contribution in [0.1, 0.15) is 36.7 Å². The van der Waals surface area contributed by atoms with Crippen molar-refractivity contribution in [2.75, 3.05) is 12.3 Å². The number of nitrogens with one attached hydrogen (secondary N) is 1. The molecule has 0 aromatic heterocycles. The van der Waals surface area contributed by atoms with E-state index >= 15 is 0 Å². The predicted octanol–water partition coefficient (Wildman–Crippen LogP) is 5.16. The normalized spacial score (nSPS) is 11.3. The maximum Gasteiger partial charge on any atom is 0.251 e. The second-order valence-electron chi connectivity index (χ2n) is 6.39. The summed E-state index contributed by atoms with van der Waals surface area (Å²) in [6, 6.07) is 15.6. The Hall–Kier alpha value is -1.45. The fourth-order valence-electron chi connectivity index (χ4n) is 2.11. The third kappa shape index (κ3) is 5.60. The first kappa shape index (κ1) is 17.9. The number of hydrogen-bond donors (Lipinski definition) is 1. The summed E-state index contributed by atoms with van der Waals surface area (Å²) in [5.74, 6) is 0.781. The lowest BCUT2D eigenvalue weighted by Gasteiger charge is -2.19. The second-order valence-corrected chi connectivity index (χ2v) is 7.99. The molecule has 0 radical (unpaired) electrons. The van der Waals surface area contributed by atoms with Crippen LogP contribution in [0.25, 0.3) is 0 Å². The topological polar surface area (TPSA) is 29.1 Å². The van der Waals surface area contributed by atoms with Crippen molar-refractivity contribution >= 4 is 29.3 Å². The average Bonchev–Trinajstić information content (AvgIpc) is 2.51. The zero-order chi connectivity index (χ0) is 16.9. The summed E-state index contributed by atoms with van der Waals surface area (Å²) in [5, 5.41) is 3.68. The Morgan fingerprint density at radius 3 is 2.43 bits per heavy atom. The molecule has 0 atom stereocenters. The lowest BCUT2D eigenvalue weighted by molar-refractivity contribution is 0.0956. The van der Waals surface area contributed by atoms with Crippen LogP contribution in [0.5, 0.6) is 0 Å². The zero-order valence-corrected chi connectivity index (χ0v) is 15.3. The van der Waals surface area contributed by atoms with Crippen molar-refractivity contribution in [3.63, 3.8) is 0 Å². The molecule has 1 N–H and O–H groups in total. The Kier molecular flexibility index (Phi) is 6.14. The van der Waals surface area contributed by atoms with Crippen LogP contribution in [0.3, 0.4) is 0 Å². The van der Waals surface area contributed by atoms with E-state index in [1.165, 1.54) is 5.56 Å². The third-order valence-corrected chi connectivity index (χ3v) is 4.70. The van der Waals surface area contributed by atoms with Gasteiger partial charge in [0, 0.05) is 27.8 Å². The smallest absolute Gasteiger partial charge is 0.251 e. The highest BCUT2D eigenvalue weighted by molar-refractivity contribution is 7.99. The first-order valence-electron chi connectivity index (χ1n) is 7.63. The molecule has 0 aliphatic rings. The Morgan fingerprint density at radius 1 is 1.13 bits per heavy atom. The van der Waals surface area contributed by atoms with E-state index in [4.69, 9.17) is 11.6 Å². The molecule has 23 heavy (non-hydrogen) atoms. The molecule has 0 aliphatic heterocycles. The van der Waals surface area contributed by atoms with Crippen molar-refractivity contribution in [1.29, 1.82) is 0 Å². The summed E-state index contributed by atoms with van der Waals surface area (Å²) in [5.41, 5.74) is 2.03. The van der Waals surface area contributed by atoms with Crippen LogP contribution >= 0.6 is 23.4 Å². The van der Waals surface area contributed by atoms with Gasteiger partial charge < -0.3 is 5.32 Å². The maximum absolute atomic E-state index is 12.1. The van der Waals surface area contributed by atoms with E-state index in [1.54, 1.807) is 11.8 Å². The Labute approximate surface area is 147 Å².